The summed E-state index contributed by atoms with van der Waals surface area (Å²) in [6.07, 6.45) is 1.78. The molecule has 1 aromatic carbocycles. The number of phenols is 1. The van der Waals surface area contributed by atoms with Crippen LogP contribution in [0.1, 0.15) is 25.5 Å². The van der Waals surface area contributed by atoms with Gasteiger partial charge in [0, 0.05) is 5.70 Å². The van der Waals surface area contributed by atoms with E-state index in [0.717, 1.165) is 0 Å². The zero-order valence-corrected chi connectivity index (χ0v) is 13.6. The van der Waals surface area contributed by atoms with Crippen LogP contribution in [0.3, 0.4) is 0 Å². The molecule has 8 nitrogen and oxygen atoms in total. The third-order valence-electron chi connectivity index (χ3n) is 3.43. The van der Waals surface area contributed by atoms with Gasteiger partial charge >= 0.3 is 5.97 Å². The molecule has 0 unspecified atom stereocenters. The topological polar surface area (TPSA) is 116 Å². The highest BCUT2D eigenvalue weighted by Gasteiger charge is 2.30. The zero-order chi connectivity index (χ0) is 17.7. The van der Waals surface area contributed by atoms with Gasteiger partial charge < -0.3 is 19.9 Å². The molecule has 0 spiro atoms. The number of nitrogens with one attached hydrogen (secondary N) is 2. The molecule has 0 saturated carbocycles. The van der Waals surface area contributed by atoms with Crippen molar-refractivity contribution < 1.29 is 19.4 Å². The monoisotopic (exact) mass is 330 g/mol. The van der Waals surface area contributed by atoms with Gasteiger partial charge in [0.2, 0.25) is 5.96 Å². The largest absolute Gasteiger partial charge is 0.504 e. The average Bonchev–Trinajstić information content (AvgIpc) is 2.55. The summed E-state index contributed by atoms with van der Waals surface area (Å²) < 4.78 is 10.2. The number of carbonyl (C=O) groups excluding carboxylic acids is 1. The van der Waals surface area contributed by atoms with E-state index in [-0.39, 0.29) is 24.1 Å². The normalized spacial score (nSPS) is 16.6. The fourth-order valence-electron chi connectivity index (χ4n) is 2.37. The number of carbonyl (C=O) groups is 1. The summed E-state index contributed by atoms with van der Waals surface area (Å²) in [5.74, 6) is -0.0378. The first-order valence-corrected chi connectivity index (χ1v) is 7.26. The van der Waals surface area contributed by atoms with E-state index < -0.39 is 12.0 Å². The van der Waals surface area contributed by atoms with Crippen LogP contribution in [0.5, 0.6) is 11.5 Å². The maximum Gasteiger partial charge on any atom is 0.338 e. The van der Waals surface area contributed by atoms with Crippen LogP contribution >= 0.6 is 0 Å². The second kappa shape index (κ2) is 7.37. The number of hydrogen-bond donors (Lipinski definition) is 3. The SMILES string of the molecule is CCOC(=O)C1=C(C)NC(NC#N)=N[C@@H]1c1ccc(O)c(OC)c1. The van der Waals surface area contributed by atoms with Crippen LogP contribution in [-0.4, -0.2) is 30.8 Å². The predicted octanol–water partition coefficient (Wildman–Crippen LogP) is 1.31. The van der Waals surface area contributed by atoms with E-state index in [2.05, 4.69) is 15.6 Å². The van der Waals surface area contributed by atoms with Crippen molar-refractivity contribution in [3.05, 3.63) is 35.0 Å². The molecule has 0 aromatic heterocycles. The lowest BCUT2D eigenvalue weighted by Crippen LogP contribution is -2.39. The number of rotatable bonds is 4. The Labute approximate surface area is 139 Å². The molecule has 0 amide bonds. The molecular formula is C16H18N4O4. The fraction of sp³-hybridized carbons (Fsp3) is 0.312. The Bertz CT molecular complexity index is 749. The van der Waals surface area contributed by atoms with Gasteiger partial charge in [-0.1, -0.05) is 6.07 Å². The van der Waals surface area contributed by atoms with Gasteiger partial charge in [-0.05, 0) is 31.5 Å². The minimum atomic E-state index is -0.698. The second-order valence-corrected chi connectivity index (χ2v) is 4.93. The smallest absolute Gasteiger partial charge is 0.338 e. The molecule has 1 heterocycles. The Balaban J connectivity index is 2.52. The van der Waals surface area contributed by atoms with E-state index in [9.17, 15) is 9.90 Å². The van der Waals surface area contributed by atoms with Gasteiger partial charge in [0.25, 0.3) is 0 Å². The summed E-state index contributed by atoms with van der Waals surface area (Å²) in [6, 6.07) is 3.98. The van der Waals surface area contributed by atoms with Gasteiger partial charge in [0.1, 0.15) is 6.04 Å². The Morgan fingerprint density at radius 2 is 2.29 bits per heavy atom. The first kappa shape index (κ1) is 17.1. The average molecular weight is 330 g/mol. The number of guanidine groups is 1. The van der Waals surface area contributed by atoms with Crippen LogP contribution in [0, 0.1) is 11.5 Å². The van der Waals surface area contributed by atoms with Crippen LogP contribution in [0.25, 0.3) is 0 Å². The number of aromatic hydroxyl groups is 1. The van der Waals surface area contributed by atoms with Crippen molar-refractivity contribution in [2.45, 2.75) is 19.9 Å². The second-order valence-electron chi connectivity index (χ2n) is 4.93. The summed E-state index contributed by atoms with van der Waals surface area (Å²) in [7, 11) is 1.43. The molecule has 1 atom stereocenters. The number of esters is 1. The van der Waals surface area contributed by atoms with Gasteiger partial charge in [-0.15, -0.1) is 0 Å². The molecule has 0 bridgehead atoms. The van der Waals surface area contributed by atoms with Gasteiger partial charge in [-0.3, -0.25) is 5.32 Å². The van der Waals surface area contributed by atoms with Gasteiger partial charge in [0.15, 0.2) is 17.7 Å². The first-order chi connectivity index (χ1) is 11.5. The zero-order valence-electron chi connectivity index (χ0n) is 13.6. The number of benzene rings is 1. The summed E-state index contributed by atoms with van der Waals surface area (Å²) in [5, 5.41) is 23.8. The summed E-state index contributed by atoms with van der Waals surface area (Å²) in [5.41, 5.74) is 1.47. The molecule has 1 aromatic rings. The van der Waals surface area contributed by atoms with Crippen LogP contribution in [0.4, 0.5) is 0 Å². The Morgan fingerprint density at radius 1 is 1.54 bits per heavy atom. The van der Waals surface area contributed by atoms with Crippen LogP contribution < -0.4 is 15.4 Å². The molecule has 24 heavy (non-hydrogen) atoms. The molecular weight excluding hydrogens is 312 g/mol. The minimum absolute atomic E-state index is 0.0204. The van der Waals surface area contributed by atoms with Crippen molar-refractivity contribution in [1.29, 1.82) is 5.26 Å². The number of hydrogen-bond acceptors (Lipinski definition) is 8. The number of phenolic OH excluding ortho intramolecular Hbond substituents is 1. The Kier molecular flexibility index (Phi) is 5.27. The van der Waals surface area contributed by atoms with Crippen molar-refractivity contribution in [3.8, 4) is 17.7 Å². The number of nitriles is 1. The lowest BCUT2D eigenvalue weighted by Gasteiger charge is -2.25. The van der Waals surface area contributed by atoms with E-state index in [1.807, 2.05) is 0 Å². The number of ether oxygens (including phenoxy) is 2. The molecule has 0 aliphatic carbocycles. The predicted molar refractivity (Wildman–Crippen MR) is 86.1 cm³/mol. The molecule has 0 fully saturated rings. The maximum atomic E-state index is 12.3. The summed E-state index contributed by atoms with van der Waals surface area (Å²) >= 11 is 0. The third-order valence-corrected chi connectivity index (χ3v) is 3.43. The van der Waals surface area contributed by atoms with E-state index in [4.69, 9.17) is 14.7 Å². The molecule has 1 aliphatic rings. The van der Waals surface area contributed by atoms with E-state index in [1.165, 1.54) is 13.2 Å². The van der Waals surface area contributed by atoms with Crippen LogP contribution in [-0.2, 0) is 9.53 Å². The third kappa shape index (κ3) is 3.41. The molecule has 126 valence electrons. The highest BCUT2D eigenvalue weighted by molar-refractivity contribution is 5.95. The fourth-order valence-corrected chi connectivity index (χ4v) is 2.37. The standard InChI is InChI=1S/C16H18N4O4/c1-4-24-15(22)13-9(2)19-16(18-8-17)20-14(13)10-5-6-11(21)12(7-10)23-3/h5-7,14,21H,4H2,1-3H3,(H2,18,19,20)/t14-/m1/s1. The van der Waals surface area contributed by atoms with Crippen molar-refractivity contribution >= 4 is 11.9 Å². The lowest BCUT2D eigenvalue weighted by molar-refractivity contribution is -0.138. The van der Waals surface area contributed by atoms with Crippen molar-refractivity contribution in [3.63, 3.8) is 0 Å². The summed E-state index contributed by atoms with van der Waals surface area (Å²) in [6.45, 7) is 3.65. The number of allylic oxidation sites excluding steroid dienone is 1. The van der Waals surface area contributed by atoms with Crippen molar-refractivity contribution in [2.75, 3.05) is 13.7 Å². The molecule has 1 aliphatic heterocycles. The number of aliphatic imine (C=N–C) groups is 1. The molecule has 2 rings (SSSR count). The van der Waals surface area contributed by atoms with E-state index in [1.54, 1.807) is 32.2 Å². The van der Waals surface area contributed by atoms with Crippen LogP contribution in [0.15, 0.2) is 34.5 Å². The minimum Gasteiger partial charge on any atom is -0.504 e. The van der Waals surface area contributed by atoms with Gasteiger partial charge in [-0.2, -0.15) is 5.26 Å². The van der Waals surface area contributed by atoms with Gasteiger partial charge in [-0.25, -0.2) is 9.79 Å². The summed E-state index contributed by atoms with van der Waals surface area (Å²) in [4.78, 5) is 16.7. The number of nitrogens with zero attached hydrogens (tertiary/aromatic N) is 2. The molecule has 0 radical (unpaired) electrons. The van der Waals surface area contributed by atoms with Gasteiger partial charge in [0.05, 0.1) is 19.3 Å². The van der Waals surface area contributed by atoms with Crippen LogP contribution in [0.2, 0.25) is 0 Å². The number of methoxy groups -OCH3 is 1. The molecule has 0 saturated heterocycles. The van der Waals surface area contributed by atoms with E-state index >= 15 is 0 Å². The Hall–Kier alpha value is -3.21. The highest BCUT2D eigenvalue weighted by atomic mass is 16.5. The lowest BCUT2D eigenvalue weighted by atomic mass is 9.96. The van der Waals surface area contributed by atoms with Crippen molar-refractivity contribution in [1.82, 2.24) is 10.6 Å². The van der Waals surface area contributed by atoms with E-state index in [0.29, 0.717) is 16.8 Å². The first-order valence-electron chi connectivity index (χ1n) is 7.26. The molecule has 8 heteroatoms. The van der Waals surface area contributed by atoms with Crippen molar-refractivity contribution in [2.24, 2.45) is 4.99 Å². The molecule has 3 N–H and O–H groups in total. The Morgan fingerprint density at radius 3 is 2.92 bits per heavy atom. The quantitative estimate of drug-likeness (QED) is 0.433. The maximum absolute atomic E-state index is 12.3. The highest BCUT2D eigenvalue weighted by Crippen LogP contribution is 2.35.